The predicted octanol–water partition coefficient (Wildman–Crippen LogP) is 4.60. The van der Waals surface area contributed by atoms with Gasteiger partial charge in [0.15, 0.2) is 0 Å². The molecule has 0 fully saturated rings. The van der Waals surface area contributed by atoms with E-state index in [2.05, 4.69) is 21.4 Å². The van der Waals surface area contributed by atoms with Crippen LogP contribution in [0.2, 0.25) is 0 Å². The lowest BCUT2D eigenvalue weighted by Gasteiger charge is -2.20. The van der Waals surface area contributed by atoms with Crippen LogP contribution < -0.4 is 5.32 Å². The van der Waals surface area contributed by atoms with Crippen molar-refractivity contribution in [3.8, 4) is 5.75 Å². The molecule has 4 rings (SSSR count). The number of hydrogen-bond donors (Lipinski definition) is 2. The highest BCUT2D eigenvalue weighted by Crippen LogP contribution is 2.37. The summed E-state index contributed by atoms with van der Waals surface area (Å²) in [7, 11) is 0. The molecular formula is C19H15N3OS. The molecule has 0 amide bonds. The van der Waals surface area contributed by atoms with E-state index in [0.29, 0.717) is 5.52 Å². The summed E-state index contributed by atoms with van der Waals surface area (Å²) in [5.74, 6) is 0.211. The summed E-state index contributed by atoms with van der Waals surface area (Å²) in [6.45, 7) is 0. The van der Waals surface area contributed by atoms with E-state index in [4.69, 9.17) is 0 Å². The van der Waals surface area contributed by atoms with E-state index in [1.165, 1.54) is 0 Å². The minimum atomic E-state index is -0.166. The number of aromatic nitrogens is 2. The normalized spacial score (nSPS) is 12.2. The number of nitrogens with zero attached hydrogens (tertiary/aromatic N) is 2. The van der Waals surface area contributed by atoms with Gasteiger partial charge in [0.2, 0.25) is 0 Å². The molecule has 0 spiro atoms. The molecular weight excluding hydrogens is 318 g/mol. The number of nitrogens with one attached hydrogen (secondary N) is 1. The van der Waals surface area contributed by atoms with Crippen molar-refractivity contribution in [2.24, 2.45) is 0 Å². The summed E-state index contributed by atoms with van der Waals surface area (Å²) >= 11 is 1.64. The first-order chi connectivity index (χ1) is 11.8. The average molecular weight is 333 g/mol. The highest BCUT2D eigenvalue weighted by Gasteiger charge is 2.20. The molecule has 0 bridgehead atoms. The minimum Gasteiger partial charge on any atom is -0.505 e. The molecule has 0 aliphatic carbocycles. The lowest BCUT2D eigenvalue weighted by molar-refractivity contribution is 0.472. The fraction of sp³-hybridized carbons (Fsp3) is 0.0526. The topological polar surface area (TPSA) is 58.0 Å². The Morgan fingerprint density at radius 2 is 1.92 bits per heavy atom. The molecule has 4 aromatic rings. The third-order valence-electron chi connectivity index (χ3n) is 3.89. The molecule has 3 aromatic heterocycles. The van der Waals surface area contributed by atoms with Gasteiger partial charge in [-0.1, -0.05) is 24.3 Å². The summed E-state index contributed by atoms with van der Waals surface area (Å²) in [5, 5.41) is 17.2. The number of benzene rings is 1. The molecule has 5 heteroatoms. The van der Waals surface area contributed by atoms with Gasteiger partial charge < -0.3 is 10.4 Å². The van der Waals surface area contributed by atoms with Crippen molar-refractivity contribution in [3.05, 3.63) is 82.9 Å². The van der Waals surface area contributed by atoms with E-state index >= 15 is 0 Å². The Morgan fingerprint density at radius 1 is 1.00 bits per heavy atom. The van der Waals surface area contributed by atoms with Crippen LogP contribution in [0.5, 0.6) is 5.75 Å². The van der Waals surface area contributed by atoms with E-state index in [1.807, 2.05) is 47.8 Å². The van der Waals surface area contributed by atoms with Gasteiger partial charge in [-0.15, -0.1) is 11.3 Å². The van der Waals surface area contributed by atoms with E-state index in [1.54, 1.807) is 29.9 Å². The smallest absolute Gasteiger partial charge is 0.147 e. The standard InChI is InChI=1S/C19H15N3OS/c23-19-15(8-7-13-4-1-10-21-17(13)19)18(16-6-3-11-24-16)22-14-5-2-9-20-12-14/h1-12,18,22-23H/t18-/m0/s1. The molecule has 2 N–H and O–H groups in total. The number of fused-ring (bicyclic) bond motifs is 1. The molecule has 0 unspecified atom stereocenters. The number of phenols is 1. The van der Waals surface area contributed by atoms with E-state index < -0.39 is 0 Å². The first kappa shape index (κ1) is 14.7. The molecule has 1 atom stereocenters. The van der Waals surface area contributed by atoms with Crippen LogP contribution in [0.4, 0.5) is 5.69 Å². The van der Waals surface area contributed by atoms with Gasteiger partial charge >= 0.3 is 0 Å². The number of thiophene rings is 1. The summed E-state index contributed by atoms with van der Waals surface area (Å²) in [4.78, 5) is 9.59. The van der Waals surface area contributed by atoms with Crippen LogP contribution in [-0.2, 0) is 0 Å². The lowest BCUT2D eigenvalue weighted by Crippen LogP contribution is -2.11. The zero-order chi connectivity index (χ0) is 16.4. The third kappa shape index (κ3) is 2.70. The van der Waals surface area contributed by atoms with Crippen LogP contribution in [0, 0.1) is 0 Å². The Labute approximate surface area is 143 Å². The van der Waals surface area contributed by atoms with Crippen LogP contribution in [0.1, 0.15) is 16.5 Å². The fourth-order valence-electron chi connectivity index (χ4n) is 2.75. The zero-order valence-corrected chi connectivity index (χ0v) is 13.6. The molecule has 1 aromatic carbocycles. The van der Waals surface area contributed by atoms with Gasteiger partial charge in [-0.05, 0) is 29.6 Å². The van der Waals surface area contributed by atoms with Crippen molar-refractivity contribution in [1.29, 1.82) is 0 Å². The second kappa shape index (κ2) is 6.29. The molecule has 118 valence electrons. The maximum Gasteiger partial charge on any atom is 0.147 e. The van der Waals surface area contributed by atoms with Crippen molar-refractivity contribution in [2.75, 3.05) is 5.32 Å². The van der Waals surface area contributed by atoms with Crippen molar-refractivity contribution >= 4 is 27.9 Å². The third-order valence-corrected chi connectivity index (χ3v) is 4.83. The quantitative estimate of drug-likeness (QED) is 0.573. The van der Waals surface area contributed by atoms with E-state index in [9.17, 15) is 5.11 Å². The lowest BCUT2D eigenvalue weighted by atomic mass is 10.0. The first-order valence-corrected chi connectivity index (χ1v) is 8.47. The van der Waals surface area contributed by atoms with Gasteiger partial charge in [0.05, 0.1) is 11.7 Å². The van der Waals surface area contributed by atoms with Crippen molar-refractivity contribution < 1.29 is 5.11 Å². The second-order valence-electron chi connectivity index (χ2n) is 5.41. The maximum absolute atomic E-state index is 10.8. The Hall–Kier alpha value is -2.92. The van der Waals surface area contributed by atoms with Crippen LogP contribution >= 0.6 is 11.3 Å². The number of aromatic hydroxyl groups is 1. The number of rotatable bonds is 4. The molecule has 0 aliphatic rings. The summed E-state index contributed by atoms with van der Waals surface area (Å²) in [6.07, 6.45) is 5.21. The Bertz CT molecular complexity index is 955. The first-order valence-electron chi connectivity index (χ1n) is 7.59. The molecule has 3 heterocycles. The van der Waals surface area contributed by atoms with Crippen molar-refractivity contribution in [3.63, 3.8) is 0 Å². The molecule has 0 saturated carbocycles. The maximum atomic E-state index is 10.8. The van der Waals surface area contributed by atoms with Gasteiger partial charge in [0, 0.05) is 34.4 Å². The number of anilines is 1. The van der Waals surface area contributed by atoms with Crippen LogP contribution in [-0.4, -0.2) is 15.1 Å². The van der Waals surface area contributed by atoms with Gasteiger partial charge in [-0.25, -0.2) is 0 Å². The van der Waals surface area contributed by atoms with E-state index in [-0.39, 0.29) is 11.8 Å². The number of pyridine rings is 2. The molecule has 4 nitrogen and oxygen atoms in total. The minimum absolute atomic E-state index is 0.166. The average Bonchev–Trinajstić information content (AvgIpc) is 3.16. The monoisotopic (exact) mass is 333 g/mol. The number of phenolic OH excluding ortho intramolecular Hbond substituents is 1. The van der Waals surface area contributed by atoms with Gasteiger partial charge in [-0.3, -0.25) is 9.97 Å². The Balaban J connectivity index is 1.83. The summed E-state index contributed by atoms with van der Waals surface area (Å²) in [6, 6.07) is 15.5. The summed E-state index contributed by atoms with van der Waals surface area (Å²) < 4.78 is 0. The molecule has 0 saturated heterocycles. The van der Waals surface area contributed by atoms with Crippen LogP contribution in [0.25, 0.3) is 10.9 Å². The Morgan fingerprint density at radius 3 is 2.71 bits per heavy atom. The second-order valence-corrected chi connectivity index (χ2v) is 6.39. The molecule has 0 radical (unpaired) electrons. The fourth-order valence-corrected chi connectivity index (χ4v) is 3.54. The van der Waals surface area contributed by atoms with Crippen molar-refractivity contribution in [2.45, 2.75) is 6.04 Å². The Kier molecular flexibility index (Phi) is 3.84. The highest BCUT2D eigenvalue weighted by atomic mass is 32.1. The number of hydrogen-bond acceptors (Lipinski definition) is 5. The van der Waals surface area contributed by atoms with Gasteiger partial charge in [-0.2, -0.15) is 0 Å². The molecule has 0 aliphatic heterocycles. The molecule has 24 heavy (non-hydrogen) atoms. The van der Waals surface area contributed by atoms with Gasteiger partial charge in [0.25, 0.3) is 0 Å². The zero-order valence-electron chi connectivity index (χ0n) is 12.8. The van der Waals surface area contributed by atoms with Crippen molar-refractivity contribution in [1.82, 2.24) is 9.97 Å². The van der Waals surface area contributed by atoms with Crippen LogP contribution in [0.15, 0.2) is 72.5 Å². The van der Waals surface area contributed by atoms with E-state index in [0.717, 1.165) is 21.5 Å². The SMILES string of the molecule is Oc1c([C@H](Nc2cccnc2)c2cccs2)ccc2cccnc12. The predicted molar refractivity (Wildman–Crippen MR) is 97.4 cm³/mol. The van der Waals surface area contributed by atoms with Crippen LogP contribution in [0.3, 0.4) is 0 Å². The largest absolute Gasteiger partial charge is 0.505 e. The van der Waals surface area contributed by atoms with Gasteiger partial charge in [0.1, 0.15) is 11.3 Å². The summed E-state index contributed by atoms with van der Waals surface area (Å²) in [5.41, 5.74) is 2.31. The highest BCUT2D eigenvalue weighted by molar-refractivity contribution is 7.10.